The Hall–Kier alpha value is -1.62. The van der Waals surface area contributed by atoms with Gasteiger partial charge in [-0.1, -0.05) is 44.3 Å². The van der Waals surface area contributed by atoms with Gasteiger partial charge in [0.05, 0.1) is 6.61 Å². The van der Waals surface area contributed by atoms with Crippen LogP contribution in [0.2, 0.25) is 0 Å². The van der Waals surface area contributed by atoms with E-state index in [1.165, 1.54) is 19.3 Å². The SMILES string of the molecule is CCCCC(CC)COCc1cccnc1C(N)=NO. The van der Waals surface area contributed by atoms with E-state index in [1.54, 1.807) is 6.20 Å². The van der Waals surface area contributed by atoms with Crippen molar-refractivity contribution in [3.05, 3.63) is 29.6 Å². The van der Waals surface area contributed by atoms with Crippen molar-refractivity contribution in [2.45, 2.75) is 46.1 Å². The number of nitrogens with two attached hydrogens (primary N) is 1. The van der Waals surface area contributed by atoms with Gasteiger partial charge in [0.1, 0.15) is 5.69 Å². The molecule has 0 bridgehead atoms. The van der Waals surface area contributed by atoms with Crippen molar-refractivity contribution >= 4 is 5.84 Å². The van der Waals surface area contributed by atoms with Gasteiger partial charge in [-0.15, -0.1) is 0 Å². The van der Waals surface area contributed by atoms with E-state index < -0.39 is 0 Å². The average molecular weight is 279 g/mol. The number of unbranched alkanes of at least 4 members (excludes halogenated alkanes) is 1. The number of rotatable bonds is 9. The number of amidine groups is 1. The number of nitrogens with zero attached hydrogens (tertiary/aromatic N) is 2. The van der Waals surface area contributed by atoms with Crippen molar-refractivity contribution in [3.8, 4) is 0 Å². The summed E-state index contributed by atoms with van der Waals surface area (Å²) in [4.78, 5) is 4.12. The third-order valence-electron chi connectivity index (χ3n) is 3.40. The second-order valence-electron chi connectivity index (χ2n) is 4.93. The number of oxime groups is 1. The van der Waals surface area contributed by atoms with E-state index in [0.29, 0.717) is 18.2 Å². The second kappa shape index (κ2) is 9.31. The van der Waals surface area contributed by atoms with Crippen LogP contribution in [0.25, 0.3) is 0 Å². The number of ether oxygens (including phenoxy) is 1. The summed E-state index contributed by atoms with van der Waals surface area (Å²) >= 11 is 0. The molecular formula is C15H25N3O2. The van der Waals surface area contributed by atoms with E-state index in [-0.39, 0.29) is 5.84 Å². The second-order valence-corrected chi connectivity index (χ2v) is 4.93. The van der Waals surface area contributed by atoms with Crippen molar-refractivity contribution in [1.82, 2.24) is 4.98 Å². The van der Waals surface area contributed by atoms with Crippen LogP contribution in [0.3, 0.4) is 0 Å². The van der Waals surface area contributed by atoms with Crippen LogP contribution in [-0.2, 0) is 11.3 Å². The smallest absolute Gasteiger partial charge is 0.189 e. The van der Waals surface area contributed by atoms with Crippen LogP contribution < -0.4 is 5.73 Å². The standard InChI is InChI=1S/C15H25N3O2/c1-3-5-7-12(4-2)10-20-11-13-8-6-9-17-14(13)15(16)18-19/h6,8-9,12,19H,3-5,7,10-11H2,1-2H3,(H2,16,18). The van der Waals surface area contributed by atoms with Crippen LogP contribution in [0, 0.1) is 5.92 Å². The van der Waals surface area contributed by atoms with Gasteiger partial charge in [0, 0.05) is 18.4 Å². The maximum absolute atomic E-state index is 8.74. The zero-order valence-corrected chi connectivity index (χ0v) is 12.4. The quantitative estimate of drug-likeness (QED) is 0.315. The molecule has 1 aromatic heterocycles. The Balaban J connectivity index is 2.53. The summed E-state index contributed by atoms with van der Waals surface area (Å²) in [5.74, 6) is 0.612. The minimum Gasteiger partial charge on any atom is -0.409 e. The molecule has 0 aliphatic heterocycles. The van der Waals surface area contributed by atoms with Crippen molar-refractivity contribution in [1.29, 1.82) is 0 Å². The van der Waals surface area contributed by atoms with Crippen molar-refractivity contribution in [2.75, 3.05) is 6.61 Å². The molecule has 20 heavy (non-hydrogen) atoms. The lowest BCUT2D eigenvalue weighted by molar-refractivity contribution is 0.0817. The highest BCUT2D eigenvalue weighted by molar-refractivity contribution is 5.96. The average Bonchev–Trinajstić information content (AvgIpc) is 2.50. The third kappa shape index (κ3) is 5.17. The van der Waals surface area contributed by atoms with Gasteiger partial charge >= 0.3 is 0 Å². The van der Waals surface area contributed by atoms with Crippen LogP contribution in [0.4, 0.5) is 0 Å². The lowest BCUT2D eigenvalue weighted by Crippen LogP contribution is -2.18. The van der Waals surface area contributed by atoms with Crippen LogP contribution in [0.15, 0.2) is 23.5 Å². The Kier molecular flexibility index (Phi) is 7.65. The number of hydrogen-bond donors (Lipinski definition) is 2. The number of hydrogen-bond acceptors (Lipinski definition) is 4. The third-order valence-corrected chi connectivity index (χ3v) is 3.40. The molecule has 0 aliphatic carbocycles. The van der Waals surface area contributed by atoms with Gasteiger partial charge in [-0.25, -0.2) is 0 Å². The van der Waals surface area contributed by atoms with E-state index in [1.807, 2.05) is 12.1 Å². The minimum absolute atomic E-state index is 0.0159. The molecule has 1 rings (SSSR count). The fourth-order valence-corrected chi connectivity index (χ4v) is 2.07. The van der Waals surface area contributed by atoms with Crippen LogP contribution in [-0.4, -0.2) is 22.6 Å². The highest BCUT2D eigenvalue weighted by Gasteiger charge is 2.10. The molecule has 5 heteroatoms. The molecule has 5 nitrogen and oxygen atoms in total. The zero-order chi connectivity index (χ0) is 14.8. The molecule has 0 radical (unpaired) electrons. The summed E-state index contributed by atoms with van der Waals surface area (Å²) in [5, 5.41) is 11.7. The molecule has 1 atom stereocenters. The van der Waals surface area contributed by atoms with E-state index in [9.17, 15) is 0 Å². The van der Waals surface area contributed by atoms with Crippen molar-refractivity contribution in [2.24, 2.45) is 16.8 Å². The van der Waals surface area contributed by atoms with E-state index in [2.05, 4.69) is 24.0 Å². The van der Waals surface area contributed by atoms with Gasteiger partial charge in [0.2, 0.25) is 0 Å². The predicted octanol–water partition coefficient (Wildman–Crippen LogP) is 2.91. The van der Waals surface area contributed by atoms with Crippen LogP contribution >= 0.6 is 0 Å². The van der Waals surface area contributed by atoms with Crippen LogP contribution in [0.5, 0.6) is 0 Å². The molecule has 0 saturated carbocycles. The molecule has 112 valence electrons. The van der Waals surface area contributed by atoms with E-state index in [4.69, 9.17) is 15.7 Å². The Morgan fingerprint density at radius 1 is 1.50 bits per heavy atom. The van der Waals surface area contributed by atoms with Gasteiger partial charge < -0.3 is 15.7 Å². The van der Waals surface area contributed by atoms with E-state index in [0.717, 1.165) is 18.6 Å². The normalized spacial score (nSPS) is 13.4. The molecule has 3 N–H and O–H groups in total. The van der Waals surface area contributed by atoms with Gasteiger partial charge in [0.25, 0.3) is 0 Å². The Morgan fingerprint density at radius 3 is 2.95 bits per heavy atom. The predicted molar refractivity (Wildman–Crippen MR) is 79.7 cm³/mol. The van der Waals surface area contributed by atoms with Crippen LogP contribution in [0.1, 0.15) is 50.8 Å². The molecule has 0 aromatic carbocycles. The first-order valence-electron chi connectivity index (χ1n) is 7.22. The molecule has 1 unspecified atom stereocenters. The number of aromatic nitrogens is 1. The van der Waals surface area contributed by atoms with Crippen molar-refractivity contribution < 1.29 is 9.94 Å². The zero-order valence-electron chi connectivity index (χ0n) is 12.4. The first-order valence-corrected chi connectivity index (χ1v) is 7.22. The Labute approximate surface area is 120 Å². The molecule has 0 fully saturated rings. The van der Waals surface area contributed by atoms with Gasteiger partial charge in [-0.2, -0.15) is 0 Å². The topological polar surface area (TPSA) is 80.7 Å². The Bertz CT molecular complexity index is 421. The first kappa shape index (κ1) is 16.4. The molecule has 1 heterocycles. The molecule has 0 amide bonds. The minimum atomic E-state index is 0.0159. The maximum atomic E-state index is 8.74. The summed E-state index contributed by atoms with van der Waals surface area (Å²) in [6.07, 6.45) is 6.40. The maximum Gasteiger partial charge on any atom is 0.189 e. The molecule has 1 aromatic rings. The summed E-state index contributed by atoms with van der Waals surface area (Å²) < 4.78 is 5.77. The highest BCUT2D eigenvalue weighted by Crippen LogP contribution is 2.14. The highest BCUT2D eigenvalue weighted by atomic mass is 16.5. The van der Waals surface area contributed by atoms with Crippen molar-refractivity contribution in [3.63, 3.8) is 0 Å². The van der Waals surface area contributed by atoms with E-state index >= 15 is 0 Å². The monoisotopic (exact) mass is 279 g/mol. The molecular weight excluding hydrogens is 254 g/mol. The number of pyridine rings is 1. The molecule has 0 aliphatic rings. The lowest BCUT2D eigenvalue weighted by atomic mass is 10.0. The van der Waals surface area contributed by atoms with Gasteiger partial charge in [-0.3, -0.25) is 4.98 Å². The summed E-state index contributed by atoms with van der Waals surface area (Å²) in [5.41, 5.74) is 6.92. The van der Waals surface area contributed by atoms with Gasteiger partial charge in [-0.05, 0) is 18.4 Å². The first-order chi connectivity index (χ1) is 9.72. The van der Waals surface area contributed by atoms with Gasteiger partial charge in [0.15, 0.2) is 5.84 Å². The summed E-state index contributed by atoms with van der Waals surface area (Å²) in [7, 11) is 0. The summed E-state index contributed by atoms with van der Waals surface area (Å²) in [6.45, 7) is 5.56. The lowest BCUT2D eigenvalue weighted by Gasteiger charge is -2.15. The largest absolute Gasteiger partial charge is 0.409 e. The molecule has 0 spiro atoms. The fourth-order valence-electron chi connectivity index (χ4n) is 2.07. The molecule has 0 saturated heterocycles. The fraction of sp³-hybridized carbons (Fsp3) is 0.600. The Morgan fingerprint density at radius 2 is 2.30 bits per heavy atom. The summed E-state index contributed by atoms with van der Waals surface area (Å²) in [6, 6.07) is 3.70.